The maximum atomic E-state index is 13.4. The molecule has 0 aliphatic heterocycles. The molecule has 11 unspecified atom stereocenters. The minimum Gasteiger partial charge on any atom is -0.462 e. The van der Waals surface area contributed by atoms with E-state index in [1.165, 1.54) is 25.7 Å². The number of esters is 2. The van der Waals surface area contributed by atoms with Gasteiger partial charge in [0.15, 0.2) is 0 Å². The predicted octanol–water partition coefficient (Wildman–Crippen LogP) is 4.60. The van der Waals surface area contributed by atoms with Crippen LogP contribution in [0.25, 0.3) is 0 Å². The molecule has 160 valence electrons. The van der Waals surface area contributed by atoms with Crippen molar-refractivity contribution in [2.75, 3.05) is 0 Å². The zero-order chi connectivity index (χ0) is 20.1. The molecule has 0 aromatic heterocycles. The summed E-state index contributed by atoms with van der Waals surface area (Å²) in [4.78, 5) is 26.3. The lowest BCUT2D eigenvalue weighted by atomic mass is 9.70. The van der Waals surface area contributed by atoms with E-state index in [9.17, 15) is 9.59 Å². The van der Waals surface area contributed by atoms with E-state index in [0.717, 1.165) is 55.3 Å². The molecule has 29 heavy (non-hydrogen) atoms. The molecule has 6 saturated carbocycles. The zero-order valence-electron chi connectivity index (χ0n) is 18.1. The SMILES string of the molecule is CC(C)(C)OC(=O)C1C2CCC(C2)C1C(=O)OC1CC2CC1C1C3CCC(C3)C21. The lowest BCUT2D eigenvalue weighted by molar-refractivity contribution is -0.175. The van der Waals surface area contributed by atoms with Crippen LogP contribution >= 0.6 is 0 Å². The molecule has 0 aromatic rings. The van der Waals surface area contributed by atoms with Crippen molar-refractivity contribution in [1.82, 2.24) is 0 Å². The Kier molecular flexibility index (Phi) is 4.02. The highest BCUT2D eigenvalue weighted by atomic mass is 16.6. The lowest BCUT2D eigenvalue weighted by Gasteiger charge is -2.39. The van der Waals surface area contributed by atoms with E-state index in [2.05, 4.69) is 0 Å². The standard InChI is InChI=1S/C25H36O4/c1-25(2,3)29-24(27)22-15-7-6-14(9-15)21(22)23(26)28-18-11-16-10-17(18)20-13-5-4-12(8-13)19(16)20/h12-22H,4-11H2,1-3H3. The summed E-state index contributed by atoms with van der Waals surface area (Å²) in [6.07, 6.45) is 9.89. The second kappa shape index (κ2) is 6.23. The summed E-state index contributed by atoms with van der Waals surface area (Å²) in [5, 5.41) is 0. The van der Waals surface area contributed by atoms with Gasteiger partial charge in [-0.25, -0.2) is 0 Å². The molecule has 0 saturated heterocycles. The van der Waals surface area contributed by atoms with Gasteiger partial charge in [0.25, 0.3) is 0 Å². The molecule has 0 heterocycles. The third kappa shape index (κ3) is 2.76. The number of carbonyl (C=O) groups excluding carboxylic acids is 2. The van der Waals surface area contributed by atoms with Gasteiger partial charge in [0, 0.05) is 0 Å². The van der Waals surface area contributed by atoms with Crippen molar-refractivity contribution < 1.29 is 19.1 Å². The number of hydrogen-bond acceptors (Lipinski definition) is 4. The number of ether oxygens (including phenoxy) is 2. The highest BCUT2D eigenvalue weighted by molar-refractivity contribution is 5.84. The van der Waals surface area contributed by atoms with Crippen molar-refractivity contribution >= 4 is 11.9 Å². The third-order valence-electron chi connectivity index (χ3n) is 9.81. The highest BCUT2D eigenvalue weighted by Gasteiger charge is 2.64. The summed E-state index contributed by atoms with van der Waals surface area (Å²) in [5.74, 6) is 4.85. The monoisotopic (exact) mass is 400 g/mol. The first-order valence-corrected chi connectivity index (χ1v) is 12.2. The van der Waals surface area contributed by atoms with Gasteiger partial charge in [-0.3, -0.25) is 9.59 Å². The molecule has 6 aliphatic rings. The van der Waals surface area contributed by atoms with Gasteiger partial charge in [-0.05, 0) is 119 Å². The van der Waals surface area contributed by atoms with Crippen LogP contribution < -0.4 is 0 Å². The van der Waals surface area contributed by atoms with Crippen LogP contribution in [0.2, 0.25) is 0 Å². The Balaban J connectivity index is 1.16. The Labute approximate surface area is 174 Å². The predicted molar refractivity (Wildman–Crippen MR) is 108 cm³/mol. The molecule has 0 N–H and O–H groups in total. The average molecular weight is 401 g/mol. The van der Waals surface area contributed by atoms with Crippen LogP contribution in [0.3, 0.4) is 0 Å². The summed E-state index contributed by atoms with van der Waals surface area (Å²) >= 11 is 0. The summed E-state index contributed by atoms with van der Waals surface area (Å²) in [5.41, 5.74) is -0.505. The molecular weight excluding hydrogens is 364 g/mol. The molecule has 6 bridgehead atoms. The molecule has 0 amide bonds. The first kappa shape index (κ1) is 18.7. The van der Waals surface area contributed by atoms with Crippen LogP contribution in [0, 0.1) is 59.2 Å². The van der Waals surface area contributed by atoms with Crippen LogP contribution in [0.15, 0.2) is 0 Å². The largest absolute Gasteiger partial charge is 0.462 e. The topological polar surface area (TPSA) is 52.6 Å². The molecule has 4 nitrogen and oxygen atoms in total. The fourth-order valence-electron chi connectivity index (χ4n) is 9.21. The first-order chi connectivity index (χ1) is 13.8. The van der Waals surface area contributed by atoms with Gasteiger partial charge in [0.2, 0.25) is 0 Å². The highest BCUT2D eigenvalue weighted by Crippen LogP contribution is 2.68. The van der Waals surface area contributed by atoms with E-state index in [1.54, 1.807) is 0 Å². The fraction of sp³-hybridized carbons (Fsp3) is 0.920. The van der Waals surface area contributed by atoms with Crippen molar-refractivity contribution in [3.05, 3.63) is 0 Å². The van der Waals surface area contributed by atoms with Crippen LogP contribution in [0.1, 0.15) is 72.1 Å². The van der Waals surface area contributed by atoms with Crippen molar-refractivity contribution in [3.8, 4) is 0 Å². The van der Waals surface area contributed by atoms with E-state index in [-0.39, 0.29) is 29.9 Å². The summed E-state index contributed by atoms with van der Waals surface area (Å²) < 4.78 is 12.0. The molecule has 11 atom stereocenters. The van der Waals surface area contributed by atoms with Gasteiger partial charge in [-0.15, -0.1) is 0 Å². The van der Waals surface area contributed by atoms with E-state index in [1.807, 2.05) is 20.8 Å². The second-order valence-corrected chi connectivity index (χ2v) is 12.3. The normalized spacial score (nSPS) is 51.5. The number of rotatable bonds is 3. The van der Waals surface area contributed by atoms with Gasteiger partial charge in [0.1, 0.15) is 11.7 Å². The maximum Gasteiger partial charge on any atom is 0.310 e. The van der Waals surface area contributed by atoms with Gasteiger partial charge < -0.3 is 9.47 Å². The second-order valence-electron chi connectivity index (χ2n) is 12.3. The third-order valence-corrected chi connectivity index (χ3v) is 9.81. The van der Waals surface area contributed by atoms with Crippen molar-refractivity contribution in [3.63, 3.8) is 0 Å². The molecule has 4 heteroatoms. The van der Waals surface area contributed by atoms with E-state index in [4.69, 9.17) is 9.47 Å². The molecule has 0 radical (unpaired) electrons. The minimum absolute atomic E-state index is 0.0784. The lowest BCUT2D eigenvalue weighted by Crippen LogP contribution is -2.42. The molecule has 0 aromatic carbocycles. The van der Waals surface area contributed by atoms with Crippen molar-refractivity contribution in [1.29, 1.82) is 0 Å². The van der Waals surface area contributed by atoms with Crippen LogP contribution in [-0.2, 0) is 19.1 Å². The Morgan fingerprint density at radius 1 is 0.690 bits per heavy atom. The Hall–Kier alpha value is -1.06. The van der Waals surface area contributed by atoms with E-state index < -0.39 is 5.60 Å². The summed E-state index contributed by atoms with van der Waals surface area (Å²) in [6.45, 7) is 5.73. The van der Waals surface area contributed by atoms with Crippen LogP contribution in [-0.4, -0.2) is 23.6 Å². The van der Waals surface area contributed by atoms with Gasteiger partial charge in [-0.1, -0.05) is 0 Å². The number of fused-ring (bicyclic) bond motifs is 11. The van der Waals surface area contributed by atoms with Gasteiger partial charge in [0.05, 0.1) is 11.8 Å². The fourth-order valence-corrected chi connectivity index (χ4v) is 9.21. The van der Waals surface area contributed by atoms with Crippen molar-refractivity contribution in [2.45, 2.75) is 83.8 Å². The summed E-state index contributed by atoms with van der Waals surface area (Å²) in [6, 6.07) is 0. The van der Waals surface area contributed by atoms with Gasteiger partial charge in [-0.2, -0.15) is 0 Å². The maximum absolute atomic E-state index is 13.4. The molecule has 6 aliphatic carbocycles. The minimum atomic E-state index is -0.505. The quantitative estimate of drug-likeness (QED) is 0.513. The Morgan fingerprint density at radius 2 is 1.28 bits per heavy atom. The van der Waals surface area contributed by atoms with Crippen LogP contribution in [0.5, 0.6) is 0 Å². The van der Waals surface area contributed by atoms with Crippen LogP contribution in [0.4, 0.5) is 0 Å². The first-order valence-electron chi connectivity index (χ1n) is 12.2. The van der Waals surface area contributed by atoms with Gasteiger partial charge >= 0.3 is 11.9 Å². The summed E-state index contributed by atoms with van der Waals surface area (Å²) in [7, 11) is 0. The van der Waals surface area contributed by atoms with Crippen molar-refractivity contribution in [2.24, 2.45) is 59.2 Å². The Morgan fingerprint density at radius 3 is 1.97 bits per heavy atom. The van der Waals surface area contributed by atoms with E-state index >= 15 is 0 Å². The average Bonchev–Trinajstić information content (AvgIpc) is 3.46. The molecular formula is C25H36O4. The molecule has 0 spiro atoms. The molecule has 6 rings (SSSR count). The zero-order valence-corrected chi connectivity index (χ0v) is 18.1. The number of carbonyl (C=O) groups is 2. The number of hydrogen-bond donors (Lipinski definition) is 0. The Bertz CT molecular complexity index is 723. The smallest absolute Gasteiger partial charge is 0.310 e. The molecule has 6 fully saturated rings. The van der Waals surface area contributed by atoms with E-state index in [0.29, 0.717) is 17.8 Å².